The number of hydrogen-bond acceptors (Lipinski definition) is 7. The van der Waals surface area contributed by atoms with Crippen molar-refractivity contribution < 1.29 is 14.3 Å². The largest absolute Gasteiger partial charge is 0.378 e. The smallest absolute Gasteiger partial charge is 0.327 e. The first-order valence-electron chi connectivity index (χ1n) is 14.9. The van der Waals surface area contributed by atoms with Gasteiger partial charge >= 0.3 is 5.69 Å². The number of fused-ring (bicyclic) bond motifs is 1. The quantitative estimate of drug-likeness (QED) is 0.461. The summed E-state index contributed by atoms with van der Waals surface area (Å²) in [5.74, 6) is 0.0146. The summed E-state index contributed by atoms with van der Waals surface area (Å²) in [5.41, 5.74) is 3.26. The van der Waals surface area contributed by atoms with Crippen molar-refractivity contribution in [2.24, 2.45) is 5.41 Å². The van der Waals surface area contributed by atoms with E-state index < -0.39 is 5.25 Å². The van der Waals surface area contributed by atoms with E-state index in [-0.39, 0.29) is 40.8 Å². The van der Waals surface area contributed by atoms with Gasteiger partial charge < -0.3 is 14.5 Å². The average Bonchev–Trinajstić information content (AvgIpc) is 3.47. The van der Waals surface area contributed by atoms with Gasteiger partial charge in [0, 0.05) is 56.2 Å². The van der Waals surface area contributed by atoms with E-state index in [0.29, 0.717) is 31.6 Å². The SMILES string of the molecule is CC(C)(C)CC1SC(CC(=O)N2CCC(n3c(=O)[nH]c4ncccc43)CC2)C(=O)N1c1ccc(N2CCOCC2)cc1. The Bertz CT molecular complexity index is 1480. The van der Waals surface area contributed by atoms with E-state index >= 15 is 0 Å². The fourth-order valence-corrected chi connectivity index (χ4v) is 8.12. The molecule has 11 heteroatoms. The number of nitrogens with zero attached hydrogens (tertiary/aromatic N) is 5. The third kappa shape index (κ3) is 5.94. The molecule has 3 aromatic rings. The van der Waals surface area contributed by atoms with E-state index in [2.05, 4.69) is 47.8 Å². The lowest BCUT2D eigenvalue weighted by Crippen LogP contribution is -2.42. The minimum absolute atomic E-state index is 0.00580. The van der Waals surface area contributed by atoms with Crippen LogP contribution in [0.3, 0.4) is 0 Å². The zero-order valence-corrected chi connectivity index (χ0v) is 25.4. The van der Waals surface area contributed by atoms with Gasteiger partial charge in [-0.05, 0) is 61.1 Å². The molecule has 3 aliphatic heterocycles. The topological polar surface area (TPSA) is 104 Å². The molecular weight excluding hydrogens is 552 g/mol. The van der Waals surface area contributed by atoms with Crippen molar-refractivity contribution in [3.8, 4) is 0 Å². The van der Waals surface area contributed by atoms with E-state index in [9.17, 15) is 14.4 Å². The number of amides is 2. The van der Waals surface area contributed by atoms with Crippen LogP contribution in [0.15, 0.2) is 47.4 Å². The van der Waals surface area contributed by atoms with E-state index in [1.165, 1.54) is 0 Å². The molecule has 0 spiro atoms. The molecule has 3 fully saturated rings. The van der Waals surface area contributed by atoms with E-state index in [1.807, 2.05) is 34.1 Å². The second kappa shape index (κ2) is 11.8. The third-order valence-corrected chi connectivity index (χ3v) is 9.83. The minimum atomic E-state index is -0.413. The Morgan fingerprint density at radius 2 is 1.71 bits per heavy atom. The number of imidazole rings is 1. The summed E-state index contributed by atoms with van der Waals surface area (Å²) in [6.45, 7) is 10.9. The number of pyridine rings is 1. The van der Waals surface area contributed by atoms with E-state index in [1.54, 1.807) is 22.5 Å². The summed E-state index contributed by atoms with van der Waals surface area (Å²) in [6.07, 6.45) is 4.06. The fourth-order valence-electron chi connectivity index (χ4n) is 6.33. The molecule has 0 saturated carbocycles. The van der Waals surface area contributed by atoms with Crippen molar-refractivity contribution in [1.82, 2.24) is 19.4 Å². The van der Waals surface area contributed by atoms with Crippen molar-refractivity contribution >= 4 is 46.1 Å². The first kappa shape index (κ1) is 28.8. The Morgan fingerprint density at radius 3 is 2.40 bits per heavy atom. The number of anilines is 2. The molecule has 3 aliphatic rings. The molecule has 2 aromatic heterocycles. The number of H-pyrrole nitrogens is 1. The first-order valence-corrected chi connectivity index (χ1v) is 15.9. The Kier molecular flexibility index (Phi) is 8.06. The van der Waals surface area contributed by atoms with Gasteiger partial charge in [0.1, 0.15) is 0 Å². The Labute approximate surface area is 250 Å². The molecule has 2 atom stereocenters. The zero-order valence-electron chi connectivity index (χ0n) is 24.6. The molecule has 6 rings (SSSR count). The maximum Gasteiger partial charge on any atom is 0.327 e. The van der Waals surface area contributed by atoms with Crippen LogP contribution in [0, 0.1) is 5.41 Å². The summed E-state index contributed by atoms with van der Waals surface area (Å²) < 4.78 is 7.26. The van der Waals surface area contributed by atoms with E-state index in [4.69, 9.17) is 4.74 Å². The van der Waals surface area contributed by atoms with Gasteiger partial charge in [-0.25, -0.2) is 9.78 Å². The van der Waals surface area contributed by atoms with Gasteiger partial charge in [0.2, 0.25) is 11.8 Å². The predicted molar refractivity (Wildman–Crippen MR) is 166 cm³/mol. The van der Waals surface area contributed by atoms with Gasteiger partial charge in [-0.2, -0.15) is 0 Å². The van der Waals surface area contributed by atoms with Crippen LogP contribution < -0.4 is 15.5 Å². The number of hydrogen-bond donors (Lipinski definition) is 1. The number of aromatic nitrogens is 3. The average molecular weight is 593 g/mol. The lowest BCUT2D eigenvalue weighted by atomic mass is 9.92. The van der Waals surface area contributed by atoms with Crippen molar-refractivity contribution in [2.45, 2.75) is 63.1 Å². The van der Waals surface area contributed by atoms with Crippen LogP contribution in [0.2, 0.25) is 0 Å². The maximum atomic E-state index is 13.8. The number of morpholine rings is 1. The monoisotopic (exact) mass is 592 g/mol. The van der Waals surface area contributed by atoms with Gasteiger partial charge in [0.15, 0.2) is 5.65 Å². The highest BCUT2D eigenvalue weighted by molar-refractivity contribution is 8.02. The third-order valence-electron chi connectivity index (χ3n) is 8.45. The van der Waals surface area contributed by atoms with Crippen molar-refractivity contribution in [2.75, 3.05) is 49.2 Å². The van der Waals surface area contributed by atoms with Crippen LogP contribution in [-0.2, 0) is 14.3 Å². The number of benzene rings is 1. The van der Waals surface area contributed by atoms with Crippen molar-refractivity contribution in [1.29, 1.82) is 0 Å². The molecule has 1 N–H and O–H groups in total. The fraction of sp³-hybridized carbons (Fsp3) is 0.548. The van der Waals surface area contributed by atoms with Crippen LogP contribution in [0.4, 0.5) is 11.4 Å². The number of piperidine rings is 1. The Morgan fingerprint density at radius 1 is 1.02 bits per heavy atom. The molecule has 1 aromatic carbocycles. The molecule has 0 bridgehead atoms. The van der Waals surface area contributed by atoms with Crippen molar-refractivity contribution in [3.05, 3.63) is 53.1 Å². The van der Waals surface area contributed by atoms with Crippen LogP contribution >= 0.6 is 11.8 Å². The second-order valence-electron chi connectivity index (χ2n) is 12.7. The van der Waals surface area contributed by atoms with Gasteiger partial charge in [-0.15, -0.1) is 11.8 Å². The molecule has 3 saturated heterocycles. The number of carbonyl (C=O) groups excluding carboxylic acids is 2. The number of nitrogens with one attached hydrogen (secondary N) is 1. The Hall–Kier alpha value is -3.31. The molecule has 2 unspecified atom stereocenters. The molecule has 0 radical (unpaired) electrons. The summed E-state index contributed by atoms with van der Waals surface area (Å²) in [7, 11) is 0. The highest BCUT2D eigenvalue weighted by Crippen LogP contribution is 2.43. The molecular formula is C31H40N6O4S. The molecule has 0 aliphatic carbocycles. The zero-order chi connectivity index (χ0) is 29.4. The summed E-state index contributed by atoms with van der Waals surface area (Å²) in [6, 6.07) is 12.0. The minimum Gasteiger partial charge on any atom is -0.378 e. The maximum absolute atomic E-state index is 13.8. The van der Waals surface area contributed by atoms with Gasteiger partial charge in [0.05, 0.1) is 29.4 Å². The summed E-state index contributed by atoms with van der Waals surface area (Å²) in [5, 5.41) is -0.443. The second-order valence-corrected chi connectivity index (χ2v) is 14.0. The predicted octanol–water partition coefficient (Wildman–Crippen LogP) is 4.03. The van der Waals surface area contributed by atoms with Crippen LogP contribution in [-0.4, -0.2) is 81.3 Å². The molecule has 42 heavy (non-hydrogen) atoms. The van der Waals surface area contributed by atoms with Crippen molar-refractivity contribution in [3.63, 3.8) is 0 Å². The number of likely N-dealkylation sites (tertiary alicyclic amines) is 1. The number of aromatic amines is 1. The molecule has 224 valence electrons. The summed E-state index contributed by atoms with van der Waals surface area (Å²) >= 11 is 1.62. The highest BCUT2D eigenvalue weighted by atomic mass is 32.2. The van der Waals surface area contributed by atoms with Gasteiger partial charge in [-0.3, -0.25) is 24.0 Å². The summed E-state index contributed by atoms with van der Waals surface area (Å²) in [4.78, 5) is 53.1. The number of carbonyl (C=O) groups is 2. The molecule has 5 heterocycles. The Balaban J connectivity index is 1.12. The number of rotatable bonds is 6. The number of ether oxygens (including phenoxy) is 1. The highest BCUT2D eigenvalue weighted by Gasteiger charge is 2.44. The molecule has 10 nitrogen and oxygen atoms in total. The van der Waals surface area contributed by atoms with Crippen LogP contribution in [0.1, 0.15) is 52.5 Å². The van der Waals surface area contributed by atoms with Crippen LogP contribution in [0.25, 0.3) is 11.2 Å². The standard InChI is InChI=1S/C31H40N6O4S/c1-31(2,3)20-27-37(22-8-6-21(7-9-22)34-15-17-41-18-16-34)29(39)25(42-27)19-26(38)35-13-10-23(11-14-35)36-24-5-4-12-32-28(24)33-30(36)40/h4-9,12,23,25,27H,10-11,13-20H2,1-3H3,(H,32,33,40). The lowest BCUT2D eigenvalue weighted by Gasteiger charge is -2.33. The first-order chi connectivity index (χ1) is 20.2. The van der Waals surface area contributed by atoms with Crippen LogP contribution in [0.5, 0.6) is 0 Å². The molecule has 2 amide bonds. The van der Waals surface area contributed by atoms with E-state index in [0.717, 1.165) is 49.6 Å². The normalized spacial score (nSPS) is 22.4. The van der Waals surface area contributed by atoms with Gasteiger partial charge in [0.25, 0.3) is 0 Å². The van der Waals surface area contributed by atoms with Gasteiger partial charge in [-0.1, -0.05) is 20.8 Å². The lowest BCUT2D eigenvalue weighted by molar-refractivity contribution is -0.133. The number of thioether (sulfide) groups is 1.